The third-order valence-electron chi connectivity index (χ3n) is 4.55. The van der Waals surface area contributed by atoms with Gasteiger partial charge in [-0.25, -0.2) is 15.0 Å². The molecular formula is C19H21N5O. The molecule has 6 nitrogen and oxygen atoms in total. The number of nitrogens with two attached hydrogens (primary N) is 1. The maximum atomic E-state index is 5.75. The van der Waals surface area contributed by atoms with Gasteiger partial charge >= 0.3 is 0 Å². The van der Waals surface area contributed by atoms with E-state index in [0.717, 1.165) is 66.2 Å². The van der Waals surface area contributed by atoms with Gasteiger partial charge in [0.15, 0.2) is 11.7 Å². The first-order valence-corrected chi connectivity index (χ1v) is 8.44. The molecule has 0 unspecified atom stereocenters. The fourth-order valence-electron chi connectivity index (χ4n) is 3.21. The summed E-state index contributed by atoms with van der Waals surface area (Å²) in [5.41, 5.74) is 10.8. The van der Waals surface area contributed by atoms with E-state index in [9.17, 15) is 0 Å². The van der Waals surface area contributed by atoms with Crippen LogP contribution < -0.4 is 5.73 Å². The zero-order valence-corrected chi connectivity index (χ0v) is 14.5. The van der Waals surface area contributed by atoms with E-state index in [2.05, 4.69) is 14.9 Å². The number of aryl methyl sites for hydroxylation is 2. The summed E-state index contributed by atoms with van der Waals surface area (Å²) in [6, 6.07) is 7.67. The highest BCUT2D eigenvalue weighted by Crippen LogP contribution is 2.23. The highest BCUT2D eigenvalue weighted by molar-refractivity contribution is 5.58. The molecule has 3 aromatic rings. The van der Waals surface area contributed by atoms with Crippen molar-refractivity contribution in [2.24, 2.45) is 0 Å². The molecule has 0 radical (unpaired) electrons. The maximum Gasteiger partial charge on any atom is 0.191 e. The van der Waals surface area contributed by atoms with Gasteiger partial charge in [0.25, 0.3) is 0 Å². The van der Waals surface area contributed by atoms with E-state index in [-0.39, 0.29) is 0 Å². The highest BCUT2D eigenvalue weighted by atomic mass is 16.4. The summed E-state index contributed by atoms with van der Waals surface area (Å²) in [7, 11) is 0. The number of hydrogen-bond acceptors (Lipinski definition) is 6. The van der Waals surface area contributed by atoms with Gasteiger partial charge < -0.3 is 10.2 Å². The number of oxazole rings is 1. The van der Waals surface area contributed by atoms with Gasteiger partial charge in [0, 0.05) is 56.0 Å². The average Bonchev–Trinajstić information content (AvgIpc) is 2.92. The molecule has 0 aliphatic carbocycles. The van der Waals surface area contributed by atoms with Gasteiger partial charge in [-0.3, -0.25) is 4.90 Å². The van der Waals surface area contributed by atoms with Crippen molar-refractivity contribution in [3.63, 3.8) is 0 Å². The van der Waals surface area contributed by atoms with Crippen LogP contribution >= 0.6 is 0 Å². The highest BCUT2D eigenvalue weighted by Gasteiger charge is 2.20. The van der Waals surface area contributed by atoms with Crippen LogP contribution in [0, 0.1) is 13.8 Å². The van der Waals surface area contributed by atoms with Gasteiger partial charge in [-0.2, -0.15) is 0 Å². The molecule has 1 aliphatic rings. The standard InChI is InChI=1S/C19H21N5O/c1-12-18(22-13(2)25-12)11-24-8-7-17-15(10-24)9-21-19(23-17)14-3-5-16(20)6-4-14/h3-6,9H,7-8,10-11,20H2,1-2H3. The largest absolute Gasteiger partial charge is 0.446 e. The second-order valence-electron chi connectivity index (χ2n) is 6.48. The number of rotatable bonds is 3. The second-order valence-corrected chi connectivity index (χ2v) is 6.48. The first-order chi connectivity index (χ1) is 12.1. The van der Waals surface area contributed by atoms with Crippen molar-refractivity contribution in [2.45, 2.75) is 33.4 Å². The number of hydrogen-bond donors (Lipinski definition) is 1. The number of aromatic nitrogens is 3. The van der Waals surface area contributed by atoms with Crippen LogP contribution in [0.2, 0.25) is 0 Å². The fourth-order valence-corrected chi connectivity index (χ4v) is 3.21. The van der Waals surface area contributed by atoms with E-state index in [1.165, 1.54) is 5.56 Å². The van der Waals surface area contributed by atoms with Crippen LogP contribution in [0.4, 0.5) is 5.69 Å². The van der Waals surface area contributed by atoms with E-state index >= 15 is 0 Å². The van der Waals surface area contributed by atoms with Crippen LogP contribution in [0.5, 0.6) is 0 Å². The van der Waals surface area contributed by atoms with Crippen molar-refractivity contribution in [3.05, 3.63) is 59.1 Å². The summed E-state index contributed by atoms with van der Waals surface area (Å²) in [5, 5.41) is 0. The van der Waals surface area contributed by atoms with Gasteiger partial charge in [0.05, 0.1) is 11.4 Å². The lowest BCUT2D eigenvalue weighted by Crippen LogP contribution is -2.31. The van der Waals surface area contributed by atoms with Crippen molar-refractivity contribution < 1.29 is 4.42 Å². The molecule has 1 aromatic carbocycles. The van der Waals surface area contributed by atoms with Crippen molar-refractivity contribution in [1.82, 2.24) is 19.9 Å². The minimum absolute atomic E-state index is 0.724. The number of nitrogen functional groups attached to an aromatic ring is 1. The summed E-state index contributed by atoms with van der Waals surface area (Å²) in [6.07, 6.45) is 2.86. The molecule has 4 rings (SSSR count). The predicted octanol–water partition coefficient (Wildman–Crippen LogP) is 2.89. The minimum atomic E-state index is 0.724. The van der Waals surface area contributed by atoms with E-state index < -0.39 is 0 Å². The lowest BCUT2D eigenvalue weighted by Gasteiger charge is -2.27. The zero-order valence-electron chi connectivity index (χ0n) is 14.5. The monoisotopic (exact) mass is 335 g/mol. The molecule has 6 heteroatoms. The smallest absolute Gasteiger partial charge is 0.191 e. The van der Waals surface area contributed by atoms with Gasteiger partial charge in [-0.15, -0.1) is 0 Å². The van der Waals surface area contributed by atoms with Crippen molar-refractivity contribution >= 4 is 5.69 Å². The molecule has 0 fully saturated rings. The van der Waals surface area contributed by atoms with Crippen LogP contribution in [0.15, 0.2) is 34.9 Å². The number of anilines is 1. The number of benzene rings is 1. The molecule has 2 N–H and O–H groups in total. The average molecular weight is 335 g/mol. The number of nitrogens with zero attached hydrogens (tertiary/aromatic N) is 4. The Morgan fingerprint density at radius 1 is 1.16 bits per heavy atom. The lowest BCUT2D eigenvalue weighted by molar-refractivity contribution is 0.239. The summed E-state index contributed by atoms with van der Waals surface area (Å²) < 4.78 is 5.53. The third-order valence-corrected chi connectivity index (χ3v) is 4.55. The van der Waals surface area contributed by atoms with Crippen LogP contribution in [-0.4, -0.2) is 26.4 Å². The lowest BCUT2D eigenvalue weighted by atomic mass is 10.1. The Balaban J connectivity index is 1.52. The molecule has 0 saturated carbocycles. The molecule has 3 heterocycles. The molecule has 128 valence electrons. The van der Waals surface area contributed by atoms with Gasteiger partial charge in [0.2, 0.25) is 0 Å². The summed E-state index contributed by atoms with van der Waals surface area (Å²) in [5.74, 6) is 2.38. The molecule has 0 atom stereocenters. The van der Waals surface area contributed by atoms with Crippen molar-refractivity contribution in [2.75, 3.05) is 12.3 Å². The summed E-state index contributed by atoms with van der Waals surface area (Å²) in [6.45, 7) is 6.44. The summed E-state index contributed by atoms with van der Waals surface area (Å²) in [4.78, 5) is 16.1. The summed E-state index contributed by atoms with van der Waals surface area (Å²) >= 11 is 0. The quantitative estimate of drug-likeness (QED) is 0.741. The third kappa shape index (κ3) is 3.25. The van der Waals surface area contributed by atoms with Crippen LogP contribution in [0.1, 0.15) is 28.6 Å². The first kappa shape index (κ1) is 15.8. The molecule has 1 aliphatic heterocycles. The SMILES string of the molecule is Cc1nc(CN2CCc3nc(-c4ccc(N)cc4)ncc3C2)c(C)o1. The molecule has 25 heavy (non-hydrogen) atoms. The molecule has 2 aromatic heterocycles. The van der Waals surface area contributed by atoms with E-state index in [4.69, 9.17) is 15.1 Å². The van der Waals surface area contributed by atoms with Crippen molar-refractivity contribution in [1.29, 1.82) is 0 Å². The maximum absolute atomic E-state index is 5.75. The second kappa shape index (κ2) is 6.29. The topological polar surface area (TPSA) is 81.1 Å². The molecule has 0 spiro atoms. The van der Waals surface area contributed by atoms with Crippen molar-refractivity contribution in [3.8, 4) is 11.4 Å². The van der Waals surface area contributed by atoms with Gasteiger partial charge in [-0.1, -0.05) is 0 Å². The molecule has 0 bridgehead atoms. The zero-order chi connectivity index (χ0) is 17.4. The molecular weight excluding hydrogens is 314 g/mol. The fraction of sp³-hybridized carbons (Fsp3) is 0.316. The minimum Gasteiger partial charge on any atom is -0.446 e. The molecule has 0 saturated heterocycles. The Kier molecular flexibility index (Phi) is 3.97. The van der Waals surface area contributed by atoms with Crippen LogP contribution in [-0.2, 0) is 19.5 Å². The normalized spacial score (nSPS) is 14.5. The van der Waals surface area contributed by atoms with E-state index in [1.807, 2.05) is 44.3 Å². The first-order valence-electron chi connectivity index (χ1n) is 8.44. The Hall–Kier alpha value is -2.73. The van der Waals surface area contributed by atoms with Crippen LogP contribution in [0.25, 0.3) is 11.4 Å². The van der Waals surface area contributed by atoms with E-state index in [0.29, 0.717) is 0 Å². The van der Waals surface area contributed by atoms with Gasteiger partial charge in [0.1, 0.15) is 5.76 Å². The Morgan fingerprint density at radius 2 is 1.96 bits per heavy atom. The Morgan fingerprint density at radius 3 is 2.68 bits per heavy atom. The molecule has 0 amide bonds. The number of fused-ring (bicyclic) bond motifs is 1. The van der Waals surface area contributed by atoms with E-state index in [1.54, 1.807) is 0 Å². The predicted molar refractivity (Wildman–Crippen MR) is 95.7 cm³/mol. The Bertz CT molecular complexity index is 901. The van der Waals surface area contributed by atoms with Gasteiger partial charge in [-0.05, 0) is 31.2 Å². The Labute approximate surface area is 146 Å². The van der Waals surface area contributed by atoms with Crippen LogP contribution in [0.3, 0.4) is 0 Å².